The van der Waals surface area contributed by atoms with Crippen LogP contribution in [0.2, 0.25) is 0 Å². The lowest BCUT2D eigenvalue weighted by molar-refractivity contribution is 0.494. The van der Waals surface area contributed by atoms with Crippen molar-refractivity contribution in [3.05, 3.63) is 29.8 Å². The highest BCUT2D eigenvalue weighted by molar-refractivity contribution is 5.55. The summed E-state index contributed by atoms with van der Waals surface area (Å²) in [6.45, 7) is 9.15. The van der Waals surface area contributed by atoms with Crippen molar-refractivity contribution in [2.45, 2.75) is 33.2 Å². The third-order valence-corrected chi connectivity index (χ3v) is 4.10. The second-order valence-electron chi connectivity index (χ2n) is 5.43. The van der Waals surface area contributed by atoms with Crippen LogP contribution < -0.4 is 10.6 Å². The second kappa shape index (κ2) is 5.09. The first-order chi connectivity index (χ1) is 8.13. The summed E-state index contributed by atoms with van der Waals surface area (Å²) in [6, 6.07) is 8.77. The largest absolute Gasteiger partial charge is 0.371 e. The van der Waals surface area contributed by atoms with E-state index in [0.29, 0.717) is 0 Å². The van der Waals surface area contributed by atoms with E-state index in [1.165, 1.54) is 11.3 Å². The molecule has 17 heavy (non-hydrogen) atoms. The lowest BCUT2D eigenvalue weighted by atomic mass is 10.0. The van der Waals surface area contributed by atoms with Crippen LogP contribution in [0, 0.1) is 11.8 Å². The minimum Gasteiger partial charge on any atom is -0.371 e. The Kier molecular flexibility index (Phi) is 3.72. The van der Waals surface area contributed by atoms with E-state index < -0.39 is 0 Å². The molecule has 0 bridgehead atoms. The number of nitrogens with two attached hydrogens (primary N) is 1. The third kappa shape index (κ3) is 2.47. The first kappa shape index (κ1) is 12.4. The van der Waals surface area contributed by atoms with Gasteiger partial charge in [0.15, 0.2) is 0 Å². The summed E-state index contributed by atoms with van der Waals surface area (Å²) >= 11 is 0. The summed E-state index contributed by atoms with van der Waals surface area (Å²) in [5.41, 5.74) is 8.85. The molecular formula is C15H24N2. The fourth-order valence-electron chi connectivity index (χ4n) is 2.64. The van der Waals surface area contributed by atoms with Gasteiger partial charge in [-0.05, 0) is 29.9 Å². The van der Waals surface area contributed by atoms with Gasteiger partial charge in [-0.15, -0.1) is 0 Å². The van der Waals surface area contributed by atoms with Crippen LogP contribution in [0.3, 0.4) is 0 Å². The molecule has 1 aliphatic heterocycles. The third-order valence-electron chi connectivity index (χ3n) is 4.10. The Morgan fingerprint density at radius 3 is 2.41 bits per heavy atom. The maximum Gasteiger partial charge on any atom is 0.0414 e. The van der Waals surface area contributed by atoms with Gasteiger partial charge in [0.05, 0.1) is 0 Å². The number of nitrogens with zero attached hydrogens (tertiary/aromatic N) is 1. The lowest BCUT2D eigenvalue weighted by Gasteiger charge is -2.24. The SMILES string of the molecule is CC[C@H](N)c1ccccc1N1CC(C)C(C)C1. The molecule has 0 spiro atoms. The van der Waals surface area contributed by atoms with Crippen LogP contribution in [-0.4, -0.2) is 13.1 Å². The number of anilines is 1. The van der Waals surface area contributed by atoms with Crippen LogP contribution in [0.1, 0.15) is 38.8 Å². The highest BCUT2D eigenvalue weighted by Gasteiger charge is 2.27. The van der Waals surface area contributed by atoms with E-state index in [4.69, 9.17) is 5.73 Å². The predicted octanol–water partition coefficient (Wildman–Crippen LogP) is 3.19. The minimum absolute atomic E-state index is 0.164. The van der Waals surface area contributed by atoms with E-state index >= 15 is 0 Å². The highest BCUT2D eigenvalue weighted by Crippen LogP contribution is 2.32. The molecule has 94 valence electrons. The molecule has 2 rings (SSSR count). The molecule has 0 saturated carbocycles. The molecular weight excluding hydrogens is 208 g/mol. The van der Waals surface area contributed by atoms with Gasteiger partial charge < -0.3 is 10.6 Å². The number of para-hydroxylation sites is 1. The quantitative estimate of drug-likeness (QED) is 0.867. The number of benzene rings is 1. The zero-order chi connectivity index (χ0) is 12.4. The van der Waals surface area contributed by atoms with E-state index in [1.54, 1.807) is 0 Å². The lowest BCUT2D eigenvalue weighted by Crippen LogP contribution is -2.23. The van der Waals surface area contributed by atoms with E-state index in [1.807, 2.05) is 0 Å². The standard InChI is InChI=1S/C15H24N2/c1-4-14(16)13-7-5-6-8-15(13)17-9-11(2)12(3)10-17/h5-8,11-12,14H,4,9-10,16H2,1-3H3/t11?,12?,14-/m0/s1. The maximum absolute atomic E-state index is 6.21. The molecule has 2 heteroatoms. The molecule has 0 amide bonds. The Morgan fingerprint density at radius 1 is 1.24 bits per heavy atom. The molecule has 1 aromatic rings. The summed E-state index contributed by atoms with van der Waals surface area (Å²) in [7, 11) is 0. The Labute approximate surface area is 105 Å². The molecule has 0 aromatic heterocycles. The molecule has 1 aliphatic rings. The summed E-state index contributed by atoms with van der Waals surface area (Å²) < 4.78 is 0. The highest BCUT2D eigenvalue weighted by atomic mass is 15.2. The molecule has 1 heterocycles. The van der Waals surface area contributed by atoms with Gasteiger partial charge in [0.2, 0.25) is 0 Å². The van der Waals surface area contributed by atoms with Crippen LogP contribution in [0.25, 0.3) is 0 Å². The van der Waals surface area contributed by atoms with E-state index in [9.17, 15) is 0 Å². The zero-order valence-corrected chi connectivity index (χ0v) is 11.2. The molecule has 0 radical (unpaired) electrons. The fourth-order valence-corrected chi connectivity index (χ4v) is 2.64. The smallest absolute Gasteiger partial charge is 0.0414 e. The van der Waals surface area contributed by atoms with E-state index in [2.05, 4.69) is 49.9 Å². The summed E-state index contributed by atoms with van der Waals surface area (Å²) in [4.78, 5) is 2.50. The fraction of sp³-hybridized carbons (Fsp3) is 0.600. The molecule has 2 nitrogen and oxygen atoms in total. The predicted molar refractivity (Wildman–Crippen MR) is 74.2 cm³/mol. The van der Waals surface area contributed by atoms with Gasteiger partial charge in [-0.1, -0.05) is 39.0 Å². The van der Waals surface area contributed by atoms with Crippen molar-refractivity contribution in [3.63, 3.8) is 0 Å². The number of hydrogen-bond donors (Lipinski definition) is 1. The second-order valence-corrected chi connectivity index (χ2v) is 5.43. The van der Waals surface area contributed by atoms with Gasteiger partial charge in [0.1, 0.15) is 0 Å². The molecule has 0 aliphatic carbocycles. The monoisotopic (exact) mass is 232 g/mol. The summed E-state index contributed by atoms with van der Waals surface area (Å²) in [5.74, 6) is 1.56. The molecule has 1 saturated heterocycles. The molecule has 1 aromatic carbocycles. The molecule has 1 fully saturated rings. The van der Waals surface area contributed by atoms with Gasteiger partial charge in [-0.25, -0.2) is 0 Å². The van der Waals surface area contributed by atoms with Crippen LogP contribution in [-0.2, 0) is 0 Å². The Morgan fingerprint density at radius 2 is 1.82 bits per heavy atom. The van der Waals surface area contributed by atoms with Crippen molar-refractivity contribution in [2.24, 2.45) is 17.6 Å². The molecule has 2 unspecified atom stereocenters. The normalized spacial score (nSPS) is 26.2. The molecule has 3 atom stereocenters. The zero-order valence-electron chi connectivity index (χ0n) is 11.2. The van der Waals surface area contributed by atoms with Crippen molar-refractivity contribution in [1.29, 1.82) is 0 Å². The van der Waals surface area contributed by atoms with Crippen LogP contribution >= 0.6 is 0 Å². The topological polar surface area (TPSA) is 29.3 Å². The van der Waals surface area contributed by atoms with Crippen molar-refractivity contribution in [2.75, 3.05) is 18.0 Å². The van der Waals surface area contributed by atoms with E-state index in [0.717, 1.165) is 31.3 Å². The van der Waals surface area contributed by atoms with Crippen molar-refractivity contribution >= 4 is 5.69 Å². The Bertz CT molecular complexity index is 365. The average Bonchev–Trinajstić information content (AvgIpc) is 2.68. The summed E-state index contributed by atoms with van der Waals surface area (Å²) in [6.07, 6.45) is 0.996. The molecule has 2 N–H and O–H groups in total. The number of rotatable bonds is 3. The maximum atomic E-state index is 6.21. The van der Waals surface area contributed by atoms with Crippen LogP contribution in [0.15, 0.2) is 24.3 Å². The first-order valence-corrected chi connectivity index (χ1v) is 6.73. The average molecular weight is 232 g/mol. The van der Waals surface area contributed by atoms with Gasteiger partial charge in [-0.3, -0.25) is 0 Å². The van der Waals surface area contributed by atoms with Gasteiger partial charge >= 0.3 is 0 Å². The minimum atomic E-state index is 0.164. The van der Waals surface area contributed by atoms with E-state index in [-0.39, 0.29) is 6.04 Å². The summed E-state index contributed by atoms with van der Waals surface area (Å²) in [5, 5.41) is 0. The van der Waals surface area contributed by atoms with Gasteiger partial charge in [0.25, 0.3) is 0 Å². The van der Waals surface area contributed by atoms with Crippen LogP contribution in [0.5, 0.6) is 0 Å². The van der Waals surface area contributed by atoms with Crippen molar-refractivity contribution in [1.82, 2.24) is 0 Å². The first-order valence-electron chi connectivity index (χ1n) is 6.73. The van der Waals surface area contributed by atoms with Crippen molar-refractivity contribution in [3.8, 4) is 0 Å². The van der Waals surface area contributed by atoms with Gasteiger partial charge in [-0.2, -0.15) is 0 Å². The van der Waals surface area contributed by atoms with Crippen LogP contribution in [0.4, 0.5) is 5.69 Å². The Balaban J connectivity index is 2.26. The van der Waals surface area contributed by atoms with Crippen molar-refractivity contribution < 1.29 is 0 Å². The number of hydrogen-bond acceptors (Lipinski definition) is 2. The Hall–Kier alpha value is -1.02. The van der Waals surface area contributed by atoms with Gasteiger partial charge in [0, 0.05) is 24.8 Å².